The van der Waals surface area contributed by atoms with Gasteiger partial charge in [0, 0.05) is 18.2 Å². The summed E-state index contributed by atoms with van der Waals surface area (Å²) in [6, 6.07) is 7.55. The minimum atomic E-state index is -3.05. The van der Waals surface area contributed by atoms with Crippen LogP contribution in [0.5, 0.6) is 0 Å². The largest absolute Gasteiger partial charge is 0.456 e. The second-order valence-electron chi connectivity index (χ2n) is 6.23. The van der Waals surface area contributed by atoms with E-state index in [4.69, 9.17) is 4.74 Å². The van der Waals surface area contributed by atoms with Gasteiger partial charge in [-0.05, 0) is 25.0 Å². The first-order valence-electron chi connectivity index (χ1n) is 8.55. The molecule has 0 radical (unpaired) electrons. The van der Waals surface area contributed by atoms with Crippen LogP contribution in [-0.2, 0) is 24.2 Å². The Kier molecular flexibility index (Phi) is 6.72. The first-order chi connectivity index (χ1) is 12.9. The molecule has 1 amide bonds. The molecule has 1 aliphatic heterocycles. The molecule has 0 bridgehead atoms. The third-order valence-electron chi connectivity index (χ3n) is 3.99. The van der Waals surface area contributed by atoms with E-state index >= 15 is 0 Å². The summed E-state index contributed by atoms with van der Waals surface area (Å²) in [4.78, 5) is 28.0. The van der Waals surface area contributed by atoms with E-state index in [2.05, 4.69) is 10.3 Å². The summed E-state index contributed by atoms with van der Waals surface area (Å²) in [6.45, 7) is -0.375. The number of carbonyl (C=O) groups is 2. The lowest BCUT2D eigenvalue weighted by Crippen LogP contribution is -2.38. The number of esters is 1. The molecule has 7 nitrogen and oxygen atoms in total. The number of nitrogens with one attached hydrogen (secondary N) is 1. The molecule has 0 spiro atoms. The van der Waals surface area contributed by atoms with Gasteiger partial charge in [0.05, 0.1) is 21.7 Å². The summed E-state index contributed by atoms with van der Waals surface area (Å²) in [5, 5.41) is 2.58. The molecule has 1 unspecified atom stereocenters. The van der Waals surface area contributed by atoms with Crippen LogP contribution >= 0.6 is 23.1 Å². The third kappa shape index (κ3) is 6.18. The van der Waals surface area contributed by atoms with E-state index in [9.17, 15) is 18.0 Å². The number of sulfone groups is 1. The zero-order valence-electron chi connectivity index (χ0n) is 14.5. The summed E-state index contributed by atoms with van der Waals surface area (Å²) < 4.78 is 29.7. The maximum Gasteiger partial charge on any atom is 0.306 e. The number of nitrogens with zero attached hydrogens (tertiary/aromatic N) is 1. The van der Waals surface area contributed by atoms with Crippen LogP contribution in [0.2, 0.25) is 0 Å². The van der Waals surface area contributed by atoms with Crippen LogP contribution in [0, 0.1) is 0 Å². The molecule has 1 atom stereocenters. The standard InChI is InChI=1S/C17H20N2O5S3/c20-15(18-12-7-9-27(22,23)11-12)10-24-16(21)6-3-8-25-17-19-13-4-1-2-5-14(13)26-17/h1-2,4-5,12H,3,6-11H2,(H,18,20). The van der Waals surface area contributed by atoms with Crippen molar-refractivity contribution in [2.24, 2.45) is 0 Å². The number of rotatable bonds is 8. The van der Waals surface area contributed by atoms with Gasteiger partial charge in [-0.2, -0.15) is 0 Å². The maximum absolute atomic E-state index is 11.7. The zero-order valence-corrected chi connectivity index (χ0v) is 17.0. The van der Waals surface area contributed by atoms with Crippen molar-refractivity contribution in [1.29, 1.82) is 0 Å². The number of thiazole rings is 1. The van der Waals surface area contributed by atoms with Crippen molar-refractivity contribution in [3.8, 4) is 0 Å². The van der Waals surface area contributed by atoms with Gasteiger partial charge in [-0.3, -0.25) is 9.59 Å². The first-order valence-corrected chi connectivity index (χ1v) is 12.2. The van der Waals surface area contributed by atoms with Gasteiger partial charge in [0.1, 0.15) is 0 Å². The van der Waals surface area contributed by atoms with Crippen LogP contribution in [0.4, 0.5) is 0 Å². The molecule has 146 valence electrons. The van der Waals surface area contributed by atoms with Crippen LogP contribution in [0.25, 0.3) is 10.2 Å². The maximum atomic E-state index is 11.7. The molecule has 27 heavy (non-hydrogen) atoms. The number of fused-ring (bicyclic) bond motifs is 1. The summed E-state index contributed by atoms with van der Waals surface area (Å²) in [5.74, 6) is -0.121. The van der Waals surface area contributed by atoms with Crippen LogP contribution in [-0.4, -0.2) is 55.2 Å². The number of hydrogen-bond acceptors (Lipinski definition) is 8. The summed E-state index contributed by atoms with van der Waals surface area (Å²) >= 11 is 3.22. The number of para-hydroxylation sites is 1. The predicted octanol–water partition coefficient (Wildman–Crippen LogP) is 2.02. The van der Waals surface area contributed by atoms with Gasteiger partial charge >= 0.3 is 5.97 Å². The molecule has 0 aliphatic carbocycles. The highest BCUT2D eigenvalue weighted by Crippen LogP contribution is 2.29. The van der Waals surface area contributed by atoms with Crippen molar-refractivity contribution in [3.05, 3.63) is 24.3 Å². The van der Waals surface area contributed by atoms with E-state index in [0.717, 1.165) is 20.3 Å². The normalized spacial score (nSPS) is 18.4. The average Bonchev–Trinajstić information content (AvgIpc) is 3.19. The molecule has 1 fully saturated rings. The first kappa shape index (κ1) is 20.1. The van der Waals surface area contributed by atoms with Crippen molar-refractivity contribution in [1.82, 2.24) is 10.3 Å². The van der Waals surface area contributed by atoms with Crippen LogP contribution in [0.15, 0.2) is 28.6 Å². The number of ether oxygens (including phenoxy) is 1. The van der Waals surface area contributed by atoms with Gasteiger partial charge in [0.2, 0.25) is 0 Å². The smallest absolute Gasteiger partial charge is 0.306 e. The van der Waals surface area contributed by atoms with Crippen LogP contribution < -0.4 is 5.32 Å². The monoisotopic (exact) mass is 428 g/mol. The lowest BCUT2D eigenvalue weighted by Gasteiger charge is -2.10. The number of thioether (sulfide) groups is 1. The number of hydrogen-bond donors (Lipinski definition) is 1. The fourth-order valence-electron chi connectivity index (χ4n) is 2.69. The quantitative estimate of drug-likeness (QED) is 0.390. The highest BCUT2D eigenvalue weighted by Gasteiger charge is 2.28. The average molecular weight is 429 g/mol. The molecule has 3 rings (SSSR count). The Labute approximate surface area is 165 Å². The summed E-state index contributed by atoms with van der Waals surface area (Å²) in [6.07, 6.45) is 1.26. The Hall–Kier alpha value is -1.65. The van der Waals surface area contributed by atoms with E-state index in [1.807, 2.05) is 24.3 Å². The topological polar surface area (TPSA) is 102 Å². The molecule has 1 aromatic carbocycles. The SMILES string of the molecule is O=C(COC(=O)CCCSc1nc2ccccc2s1)NC1CCS(=O)(=O)C1. The van der Waals surface area contributed by atoms with E-state index in [0.29, 0.717) is 12.8 Å². The second-order valence-corrected chi connectivity index (χ2v) is 10.8. The number of aromatic nitrogens is 1. The molecule has 1 aliphatic rings. The molecule has 1 saturated heterocycles. The van der Waals surface area contributed by atoms with Crippen molar-refractivity contribution in [3.63, 3.8) is 0 Å². The number of carbonyl (C=O) groups excluding carboxylic acids is 2. The van der Waals surface area contributed by atoms with Gasteiger partial charge in [-0.25, -0.2) is 13.4 Å². The lowest BCUT2D eigenvalue weighted by atomic mass is 10.2. The molecule has 1 aromatic heterocycles. The van der Waals surface area contributed by atoms with E-state index in [1.165, 1.54) is 0 Å². The van der Waals surface area contributed by atoms with Gasteiger partial charge in [0.15, 0.2) is 20.8 Å². The van der Waals surface area contributed by atoms with Gasteiger partial charge in [-0.15, -0.1) is 11.3 Å². The number of amides is 1. The highest BCUT2D eigenvalue weighted by molar-refractivity contribution is 8.01. The van der Waals surface area contributed by atoms with Gasteiger partial charge in [0.25, 0.3) is 5.91 Å². The Balaban J connectivity index is 1.30. The number of benzene rings is 1. The van der Waals surface area contributed by atoms with Crippen molar-refractivity contribution < 1.29 is 22.7 Å². The zero-order chi connectivity index (χ0) is 19.3. The third-order valence-corrected chi connectivity index (χ3v) is 8.02. The van der Waals surface area contributed by atoms with E-state index in [-0.39, 0.29) is 30.6 Å². The lowest BCUT2D eigenvalue weighted by molar-refractivity contribution is -0.148. The Morgan fingerprint density at radius 1 is 1.33 bits per heavy atom. The Bertz CT molecular complexity index is 893. The van der Waals surface area contributed by atoms with Crippen molar-refractivity contribution >= 4 is 55.0 Å². The second kappa shape index (κ2) is 9.03. The Morgan fingerprint density at radius 3 is 2.89 bits per heavy atom. The molecular weight excluding hydrogens is 408 g/mol. The van der Waals surface area contributed by atoms with E-state index < -0.39 is 21.7 Å². The van der Waals surface area contributed by atoms with Crippen LogP contribution in [0.3, 0.4) is 0 Å². The highest BCUT2D eigenvalue weighted by atomic mass is 32.2. The van der Waals surface area contributed by atoms with Crippen LogP contribution in [0.1, 0.15) is 19.3 Å². The fraction of sp³-hybridized carbons (Fsp3) is 0.471. The van der Waals surface area contributed by atoms with E-state index in [1.54, 1.807) is 23.1 Å². The Morgan fingerprint density at radius 2 is 2.15 bits per heavy atom. The fourth-order valence-corrected chi connectivity index (χ4v) is 6.44. The molecule has 2 aromatic rings. The minimum Gasteiger partial charge on any atom is -0.456 e. The van der Waals surface area contributed by atoms with Gasteiger partial charge < -0.3 is 10.1 Å². The molecule has 10 heteroatoms. The van der Waals surface area contributed by atoms with Crippen molar-refractivity contribution in [2.75, 3.05) is 23.9 Å². The molecule has 0 saturated carbocycles. The molecular formula is C17H20N2O5S3. The minimum absolute atomic E-state index is 0.0460. The summed E-state index contributed by atoms with van der Waals surface area (Å²) in [7, 11) is -3.05. The van der Waals surface area contributed by atoms with Gasteiger partial charge in [-0.1, -0.05) is 23.9 Å². The predicted molar refractivity (Wildman–Crippen MR) is 106 cm³/mol. The molecule has 2 heterocycles. The van der Waals surface area contributed by atoms with Crippen molar-refractivity contribution in [2.45, 2.75) is 29.6 Å². The molecule has 1 N–H and O–H groups in total. The summed E-state index contributed by atoms with van der Waals surface area (Å²) in [5.41, 5.74) is 0.977.